The molecule has 0 unspecified atom stereocenters. The standard InChI is InChI=1S/C7H9N3O3S/c1-9(2)4(11)3-10-6(13)5(12)8-7(10)14/h3H2,1-2H3,(H,8,12,14). The molecule has 76 valence electrons. The summed E-state index contributed by atoms with van der Waals surface area (Å²) in [6.45, 7) is -0.205. The second-order valence-electron chi connectivity index (χ2n) is 2.94. The predicted molar refractivity (Wildman–Crippen MR) is 51.1 cm³/mol. The summed E-state index contributed by atoms with van der Waals surface area (Å²) < 4.78 is 0. The third-order valence-electron chi connectivity index (χ3n) is 1.70. The van der Waals surface area contributed by atoms with Gasteiger partial charge < -0.3 is 4.90 Å². The first kappa shape index (κ1) is 10.6. The molecule has 1 aliphatic rings. The number of rotatable bonds is 2. The first-order chi connectivity index (χ1) is 6.43. The van der Waals surface area contributed by atoms with E-state index >= 15 is 0 Å². The third kappa shape index (κ3) is 1.87. The Labute approximate surface area is 85.8 Å². The molecule has 1 aliphatic heterocycles. The van der Waals surface area contributed by atoms with Crippen LogP contribution in [0.3, 0.4) is 0 Å². The number of nitrogens with zero attached hydrogens (tertiary/aromatic N) is 2. The van der Waals surface area contributed by atoms with Gasteiger partial charge >= 0.3 is 11.8 Å². The summed E-state index contributed by atoms with van der Waals surface area (Å²) in [6.07, 6.45) is 0. The second-order valence-corrected chi connectivity index (χ2v) is 3.33. The summed E-state index contributed by atoms with van der Waals surface area (Å²) in [5.41, 5.74) is 0. The Kier molecular flexibility index (Phi) is 2.80. The number of hydrogen-bond donors (Lipinski definition) is 1. The van der Waals surface area contributed by atoms with Crippen LogP contribution in [-0.2, 0) is 14.4 Å². The van der Waals surface area contributed by atoms with Gasteiger partial charge in [-0.25, -0.2) is 0 Å². The van der Waals surface area contributed by atoms with Crippen molar-refractivity contribution in [1.29, 1.82) is 0 Å². The SMILES string of the molecule is CN(C)C(=O)CN1C(=O)C(=O)NC1=S. The molecule has 0 aromatic heterocycles. The minimum absolute atomic E-state index is 0.0183. The summed E-state index contributed by atoms with van der Waals surface area (Å²) in [6, 6.07) is 0. The molecule has 0 saturated carbocycles. The molecule has 1 N–H and O–H groups in total. The lowest BCUT2D eigenvalue weighted by Crippen LogP contribution is -2.40. The molecule has 0 aromatic carbocycles. The van der Waals surface area contributed by atoms with Crippen LogP contribution in [0.5, 0.6) is 0 Å². The maximum atomic E-state index is 11.2. The Balaban J connectivity index is 2.70. The lowest BCUT2D eigenvalue weighted by Gasteiger charge is -2.16. The lowest BCUT2D eigenvalue weighted by atomic mass is 10.4. The average Bonchev–Trinajstić information content (AvgIpc) is 2.32. The van der Waals surface area contributed by atoms with Crippen LogP contribution in [0.25, 0.3) is 0 Å². The zero-order valence-electron chi connectivity index (χ0n) is 7.73. The third-order valence-corrected chi connectivity index (χ3v) is 2.02. The molecule has 1 rings (SSSR count). The van der Waals surface area contributed by atoms with Gasteiger partial charge in [0.05, 0.1) is 0 Å². The number of likely N-dealkylation sites (N-methyl/N-ethyl adjacent to an activating group) is 1. The van der Waals surface area contributed by atoms with Crippen molar-refractivity contribution in [2.75, 3.05) is 20.6 Å². The molecule has 0 aromatic rings. The topological polar surface area (TPSA) is 69.7 Å². The fourth-order valence-electron chi connectivity index (χ4n) is 0.853. The van der Waals surface area contributed by atoms with E-state index in [1.165, 1.54) is 4.90 Å². The predicted octanol–water partition coefficient (Wildman–Crippen LogP) is -1.68. The van der Waals surface area contributed by atoms with Crippen molar-refractivity contribution in [1.82, 2.24) is 15.1 Å². The van der Waals surface area contributed by atoms with E-state index in [1.807, 2.05) is 0 Å². The molecule has 0 spiro atoms. The van der Waals surface area contributed by atoms with Crippen LogP contribution < -0.4 is 5.32 Å². The van der Waals surface area contributed by atoms with E-state index in [2.05, 4.69) is 5.32 Å². The Morgan fingerprint density at radius 1 is 1.50 bits per heavy atom. The van der Waals surface area contributed by atoms with Crippen LogP contribution in [0.2, 0.25) is 0 Å². The van der Waals surface area contributed by atoms with Crippen molar-refractivity contribution in [3.05, 3.63) is 0 Å². The van der Waals surface area contributed by atoms with Gasteiger partial charge in [-0.05, 0) is 12.2 Å². The van der Waals surface area contributed by atoms with Gasteiger partial charge in [0.1, 0.15) is 6.54 Å². The fourth-order valence-corrected chi connectivity index (χ4v) is 1.09. The Morgan fingerprint density at radius 2 is 2.07 bits per heavy atom. The van der Waals surface area contributed by atoms with Gasteiger partial charge in [-0.3, -0.25) is 24.6 Å². The molecule has 0 bridgehead atoms. The van der Waals surface area contributed by atoms with Crippen molar-refractivity contribution >= 4 is 35.1 Å². The van der Waals surface area contributed by atoms with Crippen molar-refractivity contribution < 1.29 is 14.4 Å². The van der Waals surface area contributed by atoms with Gasteiger partial charge in [0.15, 0.2) is 5.11 Å². The van der Waals surface area contributed by atoms with E-state index in [0.29, 0.717) is 0 Å². The van der Waals surface area contributed by atoms with Gasteiger partial charge in [-0.15, -0.1) is 0 Å². The van der Waals surface area contributed by atoms with E-state index in [9.17, 15) is 14.4 Å². The number of carbonyl (C=O) groups is 3. The minimum atomic E-state index is -0.790. The van der Waals surface area contributed by atoms with Crippen LogP contribution in [0.1, 0.15) is 0 Å². The first-order valence-electron chi connectivity index (χ1n) is 3.80. The van der Waals surface area contributed by atoms with E-state index < -0.39 is 11.8 Å². The van der Waals surface area contributed by atoms with E-state index in [4.69, 9.17) is 12.2 Å². The highest BCUT2D eigenvalue weighted by atomic mass is 32.1. The molecule has 0 radical (unpaired) electrons. The van der Waals surface area contributed by atoms with Crippen molar-refractivity contribution in [2.24, 2.45) is 0 Å². The Morgan fingerprint density at radius 3 is 2.43 bits per heavy atom. The monoisotopic (exact) mass is 215 g/mol. The smallest absolute Gasteiger partial charge is 0.318 e. The zero-order valence-corrected chi connectivity index (χ0v) is 8.55. The van der Waals surface area contributed by atoms with E-state index in [0.717, 1.165) is 4.90 Å². The number of hydrogen-bond acceptors (Lipinski definition) is 4. The maximum absolute atomic E-state index is 11.2. The number of nitrogens with one attached hydrogen (secondary N) is 1. The van der Waals surface area contributed by atoms with Gasteiger partial charge in [0, 0.05) is 14.1 Å². The second kappa shape index (κ2) is 3.70. The average molecular weight is 215 g/mol. The summed E-state index contributed by atoms with van der Waals surface area (Å²) in [5.74, 6) is -1.87. The van der Waals surface area contributed by atoms with Gasteiger partial charge in [0.2, 0.25) is 5.91 Å². The fraction of sp³-hybridized carbons (Fsp3) is 0.429. The van der Waals surface area contributed by atoms with Crippen molar-refractivity contribution in [3.8, 4) is 0 Å². The molecular formula is C7H9N3O3S. The number of amides is 3. The molecule has 3 amide bonds. The molecular weight excluding hydrogens is 206 g/mol. The Hall–Kier alpha value is -1.50. The molecule has 0 aliphatic carbocycles. The van der Waals surface area contributed by atoms with Crippen LogP contribution >= 0.6 is 12.2 Å². The van der Waals surface area contributed by atoms with E-state index in [-0.39, 0.29) is 17.6 Å². The summed E-state index contributed by atoms with van der Waals surface area (Å²) in [7, 11) is 3.11. The highest BCUT2D eigenvalue weighted by molar-refractivity contribution is 7.80. The van der Waals surface area contributed by atoms with Gasteiger partial charge in [-0.2, -0.15) is 0 Å². The van der Waals surface area contributed by atoms with Gasteiger partial charge in [0.25, 0.3) is 0 Å². The minimum Gasteiger partial charge on any atom is -0.347 e. The van der Waals surface area contributed by atoms with Crippen molar-refractivity contribution in [3.63, 3.8) is 0 Å². The van der Waals surface area contributed by atoms with Gasteiger partial charge in [-0.1, -0.05) is 0 Å². The van der Waals surface area contributed by atoms with Crippen LogP contribution in [0.15, 0.2) is 0 Å². The number of thiocarbonyl (C=S) groups is 1. The molecule has 14 heavy (non-hydrogen) atoms. The summed E-state index contributed by atoms with van der Waals surface area (Å²) in [5, 5.41) is 2.14. The summed E-state index contributed by atoms with van der Waals surface area (Å²) in [4.78, 5) is 35.5. The highest BCUT2D eigenvalue weighted by Gasteiger charge is 2.35. The summed E-state index contributed by atoms with van der Waals surface area (Å²) >= 11 is 4.70. The van der Waals surface area contributed by atoms with Crippen LogP contribution in [0.4, 0.5) is 0 Å². The maximum Gasteiger partial charge on any atom is 0.318 e. The molecule has 0 atom stereocenters. The van der Waals surface area contributed by atoms with Crippen molar-refractivity contribution in [2.45, 2.75) is 0 Å². The first-order valence-corrected chi connectivity index (χ1v) is 4.21. The molecule has 1 heterocycles. The molecule has 1 saturated heterocycles. The molecule has 1 fully saturated rings. The normalized spacial score (nSPS) is 15.9. The van der Waals surface area contributed by atoms with E-state index in [1.54, 1.807) is 14.1 Å². The van der Waals surface area contributed by atoms with Crippen LogP contribution in [0, 0.1) is 0 Å². The zero-order chi connectivity index (χ0) is 10.9. The number of carbonyl (C=O) groups excluding carboxylic acids is 3. The molecule has 6 nitrogen and oxygen atoms in total. The Bertz CT molecular complexity index is 326. The molecule has 7 heteroatoms. The lowest BCUT2D eigenvalue weighted by molar-refractivity contribution is -0.142. The quantitative estimate of drug-likeness (QED) is 0.441. The largest absolute Gasteiger partial charge is 0.347 e. The highest BCUT2D eigenvalue weighted by Crippen LogP contribution is 2.00. The van der Waals surface area contributed by atoms with Crippen LogP contribution in [-0.4, -0.2) is 53.3 Å².